The van der Waals surface area contributed by atoms with Gasteiger partial charge in [0, 0.05) is 19.7 Å². The summed E-state index contributed by atoms with van der Waals surface area (Å²) in [6, 6.07) is 6.12. The lowest BCUT2D eigenvalue weighted by Gasteiger charge is -2.28. The van der Waals surface area contributed by atoms with Crippen LogP contribution in [-0.4, -0.2) is 31.7 Å². The van der Waals surface area contributed by atoms with Crippen LogP contribution in [0.3, 0.4) is 0 Å². The lowest BCUT2D eigenvalue weighted by molar-refractivity contribution is -0.132. The van der Waals surface area contributed by atoms with E-state index in [4.69, 9.17) is 10.5 Å². The van der Waals surface area contributed by atoms with E-state index in [1.165, 1.54) is 51.3 Å². The zero-order chi connectivity index (χ0) is 17.4. The van der Waals surface area contributed by atoms with Crippen molar-refractivity contribution in [2.45, 2.75) is 57.1 Å². The largest absolute Gasteiger partial charge is 0.370 e. The van der Waals surface area contributed by atoms with Crippen molar-refractivity contribution in [3.8, 4) is 0 Å². The third-order valence-corrected chi connectivity index (χ3v) is 4.83. The number of carbonyl (C=O) groups is 1. The van der Waals surface area contributed by atoms with Gasteiger partial charge in [0.25, 0.3) is 5.91 Å². The lowest BCUT2D eigenvalue weighted by atomic mass is 9.84. The van der Waals surface area contributed by atoms with Gasteiger partial charge in [-0.25, -0.2) is 4.39 Å². The van der Waals surface area contributed by atoms with Crippen molar-refractivity contribution in [3.05, 3.63) is 35.6 Å². The number of nitrogens with two attached hydrogens (primary N) is 1. The van der Waals surface area contributed by atoms with E-state index in [0.717, 1.165) is 12.0 Å². The van der Waals surface area contributed by atoms with Gasteiger partial charge in [0.2, 0.25) is 0 Å². The highest BCUT2D eigenvalue weighted by molar-refractivity contribution is 5.81. The molecule has 1 aromatic rings. The quantitative estimate of drug-likeness (QED) is 0.767. The van der Waals surface area contributed by atoms with Crippen molar-refractivity contribution < 1.29 is 13.9 Å². The number of hydrogen-bond donors (Lipinski definition) is 2. The molecule has 1 amide bonds. The first-order valence-electron chi connectivity index (χ1n) is 8.90. The highest BCUT2D eigenvalue weighted by atomic mass is 19.1. The van der Waals surface area contributed by atoms with Crippen LogP contribution in [-0.2, 0) is 16.0 Å². The van der Waals surface area contributed by atoms with E-state index in [0.29, 0.717) is 18.9 Å². The molecule has 2 unspecified atom stereocenters. The van der Waals surface area contributed by atoms with Gasteiger partial charge in [-0.2, -0.15) is 0 Å². The maximum atomic E-state index is 13.1. The highest BCUT2D eigenvalue weighted by Crippen LogP contribution is 2.27. The Morgan fingerprint density at radius 2 is 2.12 bits per heavy atom. The monoisotopic (exact) mass is 336 g/mol. The molecule has 3 N–H and O–H groups in total. The fraction of sp³-hybridized carbons (Fsp3) is 0.632. The molecule has 1 saturated carbocycles. The number of rotatable bonds is 8. The van der Waals surface area contributed by atoms with Gasteiger partial charge in [-0.3, -0.25) is 4.79 Å². The van der Waals surface area contributed by atoms with Crippen molar-refractivity contribution in [1.82, 2.24) is 5.32 Å². The summed E-state index contributed by atoms with van der Waals surface area (Å²) >= 11 is 0. The Morgan fingerprint density at radius 1 is 1.38 bits per heavy atom. The number of amides is 1. The number of hydrogen-bond acceptors (Lipinski definition) is 3. The molecule has 1 aliphatic carbocycles. The minimum Gasteiger partial charge on any atom is -0.370 e. The normalized spacial score (nSPS) is 18.1. The van der Waals surface area contributed by atoms with Gasteiger partial charge < -0.3 is 15.8 Å². The average Bonchev–Trinajstić information content (AvgIpc) is 2.56. The number of halogens is 1. The average molecular weight is 336 g/mol. The predicted molar refractivity (Wildman–Crippen MR) is 93.1 cm³/mol. The Hall–Kier alpha value is -1.46. The summed E-state index contributed by atoms with van der Waals surface area (Å²) in [5, 5.41) is 2.85. The topological polar surface area (TPSA) is 64.3 Å². The molecule has 5 heteroatoms. The van der Waals surface area contributed by atoms with Gasteiger partial charge in [-0.15, -0.1) is 0 Å². The minimum atomic E-state index is -0.626. The summed E-state index contributed by atoms with van der Waals surface area (Å²) < 4.78 is 18.5. The van der Waals surface area contributed by atoms with Crippen LogP contribution in [0.15, 0.2) is 24.3 Å². The van der Waals surface area contributed by atoms with Crippen molar-refractivity contribution in [1.29, 1.82) is 0 Å². The van der Waals surface area contributed by atoms with Crippen LogP contribution in [0.5, 0.6) is 0 Å². The molecule has 0 aromatic heterocycles. The summed E-state index contributed by atoms with van der Waals surface area (Å²) in [4.78, 5) is 12.3. The van der Waals surface area contributed by atoms with Gasteiger partial charge in [-0.1, -0.05) is 44.2 Å². The molecule has 0 radical (unpaired) electrons. The first kappa shape index (κ1) is 18.9. The third-order valence-electron chi connectivity index (χ3n) is 4.83. The summed E-state index contributed by atoms with van der Waals surface area (Å²) in [7, 11) is 1.53. The first-order valence-corrected chi connectivity index (χ1v) is 8.90. The third kappa shape index (κ3) is 5.87. The molecule has 2 atom stereocenters. The summed E-state index contributed by atoms with van der Waals surface area (Å²) in [5.74, 6) is 0.159. The number of methoxy groups -OCH3 is 1. The molecule has 24 heavy (non-hydrogen) atoms. The Labute approximate surface area is 144 Å². The van der Waals surface area contributed by atoms with Crippen LogP contribution in [0.2, 0.25) is 0 Å². The van der Waals surface area contributed by atoms with E-state index < -0.39 is 6.10 Å². The molecule has 4 nitrogen and oxygen atoms in total. The van der Waals surface area contributed by atoms with Crippen LogP contribution in [0, 0.1) is 11.7 Å². The first-order chi connectivity index (χ1) is 11.6. The standard InChI is InChI=1S/C19H29FN2O2/c1-24-18(17(21)13-14-6-3-2-4-7-14)19(23)22-11-10-15-8-5-9-16(20)12-15/h5,8-9,12,14,17-18H,2-4,6-7,10-11,13,21H2,1H3,(H,22,23). The van der Waals surface area contributed by atoms with Gasteiger partial charge >= 0.3 is 0 Å². The molecular formula is C19H29FN2O2. The number of ether oxygens (including phenoxy) is 1. The molecule has 0 bridgehead atoms. The molecule has 134 valence electrons. The van der Waals surface area contributed by atoms with Crippen LogP contribution in [0.4, 0.5) is 4.39 Å². The molecule has 0 saturated heterocycles. The molecule has 2 rings (SSSR count). The van der Waals surface area contributed by atoms with E-state index in [1.54, 1.807) is 6.07 Å². The van der Waals surface area contributed by atoms with Crippen molar-refractivity contribution in [3.63, 3.8) is 0 Å². The van der Waals surface area contributed by atoms with Crippen molar-refractivity contribution in [2.24, 2.45) is 11.7 Å². The Balaban J connectivity index is 1.77. The van der Waals surface area contributed by atoms with E-state index >= 15 is 0 Å². The smallest absolute Gasteiger partial charge is 0.250 e. The zero-order valence-corrected chi connectivity index (χ0v) is 14.5. The summed E-state index contributed by atoms with van der Waals surface area (Å²) in [6.07, 6.45) is 7.01. The molecular weight excluding hydrogens is 307 g/mol. The van der Waals surface area contributed by atoms with Crippen LogP contribution in [0.1, 0.15) is 44.1 Å². The minimum absolute atomic E-state index is 0.183. The van der Waals surface area contributed by atoms with Gasteiger partial charge in [0.15, 0.2) is 6.10 Å². The maximum absolute atomic E-state index is 13.1. The number of carbonyl (C=O) groups excluding carboxylic acids is 1. The van der Waals surface area contributed by atoms with Crippen molar-refractivity contribution in [2.75, 3.05) is 13.7 Å². The molecule has 1 fully saturated rings. The van der Waals surface area contributed by atoms with Crippen LogP contribution in [0.25, 0.3) is 0 Å². The van der Waals surface area contributed by atoms with Crippen LogP contribution < -0.4 is 11.1 Å². The number of nitrogens with one attached hydrogen (secondary N) is 1. The van der Waals surface area contributed by atoms with E-state index in [2.05, 4.69) is 5.32 Å². The molecule has 1 aromatic carbocycles. The Bertz CT molecular complexity index is 518. The van der Waals surface area contributed by atoms with E-state index in [1.807, 2.05) is 6.07 Å². The summed E-state index contributed by atoms with van der Waals surface area (Å²) in [6.45, 7) is 0.443. The number of benzene rings is 1. The summed E-state index contributed by atoms with van der Waals surface area (Å²) in [5.41, 5.74) is 7.08. The predicted octanol–water partition coefficient (Wildman–Crippen LogP) is 2.80. The highest BCUT2D eigenvalue weighted by Gasteiger charge is 2.28. The fourth-order valence-corrected chi connectivity index (χ4v) is 3.53. The van der Waals surface area contributed by atoms with Gasteiger partial charge in [0.05, 0.1) is 0 Å². The second-order valence-electron chi connectivity index (χ2n) is 6.73. The molecule has 0 aliphatic heterocycles. The van der Waals surface area contributed by atoms with Crippen LogP contribution >= 0.6 is 0 Å². The lowest BCUT2D eigenvalue weighted by Crippen LogP contribution is -2.48. The fourth-order valence-electron chi connectivity index (χ4n) is 3.53. The van der Waals surface area contributed by atoms with E-state index in [9.17, 15) is 9.18 Å². The van der Waals surface area contributed by atoms with Gasteiger partial charge in [-0.05, 0) is 36.5 Å². The SMILES string of the molecule is COC(C(=O)NCCc1cccc(F)c1)C(N)CC1CCCCC1. The molecule has 0 spiro atoms. The van der Waals surface area contributed by atoms with Gasteiger partial charge in [0.1, 0.15) is 5.82 Å². The van der Waals surface area contributed by atoms with E-state index in [-0.39, 0.29) is 17.8 Å². The zero-order valence-electron chi connectivity index (χ0n) is 14.5. The molecule has 0 heterocycles. The Morgan fingerprint density at radius 3 is 2.79 bits per heavy atom. The maximum Gasteiger partial charge on any atom is 0.250 e. The molecule has 1 aliphatic rings. The second-order valence-corrected chi connectivity index (χ2v) is 6.73. The van der Waals surface area contributed by atoms with Crippen molar-refractivity contribution >= 4 is 5.91 Å². The Kier molecular flexibility index (Phi) is 7.66. The second kappa shape index (κ2) is 9.74.